The molecule has 0 aliphatic rings. The highest BCUT2D eigenvalue weighted by Crippen LogP contribution is 2.28. The second kappa shape index (κ2) is 9.62. The van der Waals surface area contributed by atoms with Gasteiger partial charge in [0.1, 0.15) is 6.04 Å². The van der Waals surface area contributed by atoms with Gasteiger partial charge in [0.25, 0.3) is 0 Å². The number of carbonyl (C=O) groups excluding carboxylic acids is 1. The van der Waals surface area contributed by atoms with Crippen LogP contribution in [0.2, 0.25) is 0 Å². The Morgan fingerprint density at radius 1 is 1.00 bits per heavy atom. The number of hydrogen-bond donors (Lipinski definition) is 1. The molecule has 6 nitrogen and oxygen atoms in total. The Hall–Kier alpha value is -3.02. The molecule has 1 unspecified atom stereocenters. The Morgan fingerprint density at radius 2 is 1.67 bits per heavy atom. The number of carboxylic acid groups (broad SMARTS) is 1. The minimum atomic E-state index is -1.01. The van der Waals surface area contributed by atoms with E-state index >= 15 is 0 Å². The van der Waals surface area contributed by atoms with Crippen LogP contribution in [0.4, 0.5) is 0 Å². The molecule has 0 bridgehead atoms. The quantitative estimate of drug-likeness (QED) is 0.734. The van der Waals surface area contributed by atoms with Crippen LogP contribution in [0.1, 0.15) is 17.5 Å². The first-order valence-corrected chi connectivity index (χ1v) is 8.69. The van der Waals surface area contributed by atoms with Gasteiger partial charge in [-0.15, -0.1) is 0 Å². The van der Waals surface area contributed by atoms with E-state index in [9.17, 15) is 14.7 Å². The Labute approximate surface area is 159 Å². The lowest BCUT2D eigenvalue weighted by molar-refractivity contribution is -0.149. The van der Waals surface area contributed by atoms with Gasteiger partial charge in [-0.3, -0.25) is 4.79 Å². The van der Waals surface area contributed by atoms with Gasteiger partial charge in [0.2, 0.25) is 5.91 Å². The van der Waals surface area contributed by atoms with Crippen LogP contribution < -0.4 is 9.47 Å². The molecule has 1 atom stereocenters. The van der Waals surface area contributed by atoms with Crippen molar-refractivity contribution in [2.75, 3.05) is 21.3 Å². The highest BCUT2D eigenvalue weighted by molar-refractivity contribution is 5.83. The largest absolute Gasteiger partial charge is 0.493 e. The van der Waals surface area contributed by atoms with E-state index in [2.05, 4.69) is 0 Å². The van der Waals surface area contributed by atoms with Gasteiger partial charge < -0.3 is 19.5 Å². The van der Waals surface area contributed by atoms with E-state index in [0.717, 1.165) is 11.1 Å². The fourth-order valence-corrected chi connectivity index (χ4v) is 2.86. The van der Waals surface area contributed by atoms with Crippen LogP contribution in [0.25, 0.3) is 0 Å². The summed E-state index contributed by atoms with van der Waals surface area (Å²) in [5, 5.41) is 9.54. The van der Waals surface area contributed by atoms with Gasteiger partial charge in [-0.1, -0.05) is 36.4 Å². The number of rotatable bonds is 9. The summed E-state index contributed by atoms with van der Waals surface area (Å²) >= 11 is 0. The number of nitrogens with zero attached hydrogens (tertiary/aromatic N) is 1. The molecule has 0 heterocycles. The smallest absolute Gasteiger partial charge is 0.326 e. The number of aryl methyl sites for hydroxylation is 1. The normalized spacial score (nSPS) is 11.5. The number of aliphatic carboxylic acids is 1. The molecule has 144 valence electrons. The van der Waals surface area contributed by atoms with Crippen molar-refractivity contribution in [3.63, 3.8) is 0 Å². The molecule has 27 heavy (non-hydrogen) atoms. The van der Waals surface area contributed by atoms with Gasteiger partial charge in [-0.2, -0.15) is 0 Å². The number of amides is 1. The average Bonchev–Trinajstić information content (AvgIpc) is 2.69. The average molecular weight is 371 g/mol. The van der Waals surface area contributed by atoms with Crippen molar-refractivity contribution in [2.24, 2.45) is 0 Å². The third-order valence-electron chi connectivity index (χ3n) is 4.49. The highest BCUT2D eigenvalue weighted by Gasteiger charge is 2.26. The lowest BCUT2D eigenvalue weighted by Gasteiger charge is -2.25. The zero-order valence-corrected chi connectivity index (χ0v) is 15.8. The second-order valence-electron chi connectivity index (χ2n) is 6.24. The Balaban J connectivity index is 2.01. The van der Waals surface area contributed by atoms with E-state index in [1.54, 1.807) is 27.3 Å². The fourth-order valence-electron chi connectivity index (χ4n) is 2.86. The molecule has 0 spiro atoms. The van der Waals surface area contributed by atoms with Gasteiger partial charge in [0, 0.05) is 19.9 Å². The maximum Gasteiger partial charge on any atom is 0.326 e. The highest BCUT2D eigenvalue weighted by atomic mass is 16.5. The standard InChI is InChI=1S/C21H25NO5/c1-22(17(21(24)25)13-15-7-5-4-6-8-15)20(23)12-10-16-9-11-18(26-2)19(14-16)27-3/h4-9,11,14,17H,10,12-13H2,1-3H3,(H,24,25). The van der Waals surface area contributed by atoms with Crippen LogP contribution in [0.3, 0.4) is 0 Å². The first-order chi connectivity index (χ1) is 13.0. The molecular weight excluding hydrogens is 346 g/mol. The summed E-state index contributed by atoms with van der Waals surface area (Å²) in [6.45, 7) is 0. The number of ether oxygens (including phenoxy) is 2. The molecule has 2 aromatic rings. The minimum Gasteiger partial charge on any atom is -0.493 e. The number of likely N-dealkylation sites (N-methyl/N-ethyl adjacent to an activating group) is 1. The van der Waals surface area contributed by atoms with Crippen molar-refractivity contribution in [3.05, 3.63) is 59.7 Å². The molecule has 2 aromatic carbocycles. The zero-order valence-electron chi connectivity index (χ0n) is 15.8. The van der Waals surface area contributed by atoms with Gasteiger partial charge in [-0.05, 0) is 29.7 Å². The van der Waals surface area contributed by atoms with E-state index < -0.39 is 12.0 Å². The van der Waals surface area contributed by atoms with Crippen molar-refractivity contribution >= 4 is 11.9 Å². The number of methoxy groups -OCH3 is 2. The summed E-state index contributed by atoms with van der Waals surface area (Å²) < 4.78 is 10.5. The van der Waals surface area contributed by atoms with Crippen molar-refractivity contribution < 1.29 is 24.2 Å². The first-order valence-electron chi connectivity index (χ1n) is 8.69. The Kier molecular flexibility index (Phi) is 7.23. The van der Waals surface area contributed by atoms with Crippen LogP contribution in [0.5, 0.6) is 11.5 Å². The maximum absolute atomic E-state index is 12.5. The zero-order chi connectivity index (χ0) is 19.8. The van der Waals surface area contributed by atoms with E-state index in [1.807, 2.05) is 42.5 Å². The monoisotopic (exact) mass is 371 g/mol. The molecule has 2 rings (SSSR count). The molecule has 0 aliphatic carbocycles. The van der Waals surface area contributed by atoms with Crippen LogP contribution in [-0.4, -0.2) is 49.2 Å². The fraction of sp³-hybridized carbons (Fsp3) is 0.333. The molecule has 0 saturated carbocycles. The minimum absolute atomic E-state index is 0.213. The molecule has 1 N–H and O–H groups in total. The van der Waals surface area contributed by atoms with E-state index in [0.29, 0.717) is 17.9 Å². The first kappa shape index (κ1) is 20.3. The summed E-state index contributed by atoms with van der Waals surface area (Å²) in [6.07, 6.45) is 0.973. The number of carboxylic acids is 1. The summed E-state index contributed by atoms with van der Waals surface area (Å²) in [5.41, 5.74) is 1.80. The lowest BCUT2D eigenvalue weighted by atomic mass is 10.0. The molecule has 0 fully saturated rings. The van der Waals surface area contributed by atoms with Gasteiger partial charge in [0.15, 0.2) is 11.5 Å². The van der Waals surface area contributed by atoms with Crippen LogP contribution in [-0.2, 0) is 22.4 Å². The van der Waals surface area contributed by atoms with Crippen molar-refractivity contribution in [1.29, 1.82) is 0 Å². The van der Waals surface area contributed by atoms with E-state index in [-0.39, 0.29) is 18.7 Å². The van der Waals surface area contributed by atoms with E-state index in [4.69, 9.17) is 9.47 Å². The van der Waals surface area contributed by atoms with Gasteiger partial charge >= 0.3 is 5.97 Å². The third kappa shape index (κ3) is 5.48. The molecule has 0 aliphatic heterocycles. The number of carbonyl (C=O) groups is 2. The molecule has 0 saturated heterocycles. The summed E-state index contributed by atoms with van der Waals surface area (Å²) in [4.78, 5) is 25.5. The predicted octanol–water partition coefficient (Wildman–Crippen LogP) is 2.79. The Bertz CT molecular complexity index is 775. The lowest BCUT2D eigenvalue weighted by Crippen LogP contribution is -2.43. The third-order valence-corrected chi connectivity index (χ3v) is 4.49. The molecular formula is C21H25NO5. The summed E-state index contributed by atoms with van der Waals surface area (Å²) in [5.74, 6) is -0.00396. The van der Waals surface area contributed by atoms with E-state index in [1.165, 1.54) is 4.90 Å². The van der Waals surface area contributed by atoms with Crippen molar-refractivity contribution in [2.45, 2.75) is 25.3 Å². The van der Waals surface area contributed by atoms with Crippen LogP contribution in [0, 0.1) is 0 Å². The van der Waals surface area contributed by atoms with Crippen molar-refractivity contribution in [3.8, 4) is 11.5 Å². The molecule has 6 heteroatoms. The van der Waals surface area contributed by atoms with Gasteiger partial charge in [-0.25, -0.2) is 4.79 Å². The topological polar surface area (TPSA) is 76.1 Å². The molecule has 0 aromatic heterocycles. The van der Waals surface area contributed by atoms with Crippen LogP contribution in [0.15, 0.2) is 48.5 Å². The Morgan fingerprint density at radius 3 is 2.26 bits per heavy atom. The molecule has 0 radical (unpaired) electrons. The molecule has 1 amide bonds. The SMILES string of the molecule is COc1ccc(CCC(=O)N(C)C(Cc2ccccc2)C(=O)O)cc1OC. The number of benzene rings is 2. The number of hydrogen-bond acceptors (Lipinski definition) is 4. The summed E-state index contributed by atoms with van der Waals surface area (Å²) in [7, 11) is 4.66. The van der Waals surface area contributed by atoms with Gasteiger partial charge in [0.05, 0.1) is 14.2 Å². The summed E-state index contributed by atoms with van der Waals surface area (Å²) in [6, 6.07) is 13.9. The maximum atomic E-state index is 12.5. The van der Waals surface area contributed by atoms with Crippen LogP contribution >= 0.6 is 0 Å². The van der Waals surface area contributed by atoms with Crippen molar-refractivity contribution in [1.82, 2.24) is 4.90 Å². The second-order valence-corrected chi connectivity index (χ2v) is 6.24. The predicted molar refractivity (Wildman–Crippen MR) is 102 cm³/mol.